The van der Waals surface area contributed by atoms with Crippen molar-refractivity contribution in [2.75, 3.05) is 5.32 Å². The first-order valence-corrected chi connectivity index (χ1v) is 10.1. The fourth-order valence-corrected chi connectivity index (χ4v) is 4.15. The number of thiophene rings is 1. The zero-order valence-electron chi connectivity index (χ0n) is 15.0. The van der Waals surface area contributed by atoms with E-state index in [9.17, 15) is 4.79 Å². The number of nitrogens with zero attached hydrogens (tertiary/aromatic N) is 2. The van der Waals surface area contributed by atoms with Crippen LogP contribution in [0.25, 0.3) is 22.5 Å². The number of anilines is 1. The zero-order valence-corrected chi connectivity index (χ0v) is 15.8. The third-order valence-corrected chi connectivity index (χ3v) is 5.58. The Balaban J connectivity index is 1.24. The molecule has 5 nitrogen and oxygen atoms in total. The van der Waals surface area contributed by atoms with Crippen LogP contribution in [0.3, 0.4) is 0 Å². The molecule has 1 aliphatic carbocycles. The molecule has 2 aromatic carbocycles. The van der Waals surface area contributed by atoms with Crippen molar-refractivity contribution < 1.29 is 9.32 Å². The predicted octanol–water partition coefficient (Wildman–Crippen LogP) is 4.94. The monoisotopic (exact) mass is 387 g/mol. The summed E-state index contributed by atoms with van der Waals surface area (Å²) in [5.41, 5.74) is 6.82. The summed E-state index contributed by atoms with van der Waals surface area (Å²) in [6.45, 7) is 0. The van der Waals surface area contributed by atoms with Crippen molar-refractivity contribution in [3.8, 4) is 22.5 Å². The van der Waals surface area contributed by atoms with E-state index in [0.717, 1.165) is 17.7 Å². The van der Waals surface area contributed by atoms with Gasteiger partial charge in [0.15, 0.2) is 0 Å². The second-order valence-electron chi connectivity index (χ2n) is 6.78. The number of nitrogens with one attached hydrogen (secondary N) is 1. The molecule has 1 N–H and O–H groups in total. The van der Waals surface area contributed by atoms with Crippen molar-refractivity contribution in [2.45, 2.75) is 19.3 Å². The van der Waals surface area contributed by atoms with Crippen molar-refractivity contribution in [1.82, 2.24) is 10.1 Å². The fraction of sp³-hybridized carbons (Fsp3) is 0.136. The van der Waals surface area contributed by atoms with Gasteiger partial charge in [-0.15, -0.1) is 0 Å². The van der Waals surface area contributed by atoms with Crippen molar-refractivity contribution in [3.63, 3.8) is 0 Å². The lowest BCUT2D eigenvalue weighted by molar-refractivity contribution is -0.116. The molecule has 1 amide bonds. The van der Waals surface area contributed by atoms with E-state index in [1.165, 1.54) is 22.3 Å². The highest BCUT2D eigenvalue weighted by molar-refractivity contribution is 7.08. The van der Waals surface area contributed by atoms with E-state index in [1.807, 2.05) is 29.0 Å². The van der Waals surface area contributed by atoms with Gasteiger partial charge in [-0.2, -0.15) is 16.3 Å². The van der Waals surface area contributed by atoms with Gasteiger partial charge in [-0.3, -0.25) is 4.79 Å². The summed E-state index contributed by atoms with van der Waals surface area (Å²) in [6.07, 6.45) is 1.65. The van der Waals surface area contributed by atoms with Gasteiger partial charge in [0.1, 0.15) is 0 Å². The molecule has 0 saturated heterocycles. The van der Waals surface area contributed by atoms with E-state index in [-0.39, 0.29) is 5.91 Å². The van der Waals surface area contributed by atoms with Gasteiger partial charge >= 0.3 is 0 Å². The van der Waals surface area contributed by atoms with Crippen molar-refractivity contribution in [1.29, 1.82) is 0 Å². The number of hydrogen-bond acceptors (Lipinski definition) is 5. The maximum Gasteiger partial charge on any atom is 0.227 e. The van der Waals surface area contributed by atoms with Crippen LogP contribution in [0.2, 0.25) is 0 Å². The average molecular weight is 387 g/mol. The maximum atomic E-state index is 12.4. The minimum atomic E-state index is -0.0680. The summed E-state index contributed by atoms with van der Waals surface area (Å²) in [4.78, 5) is 16.7. The minimum absolute atomic E-state index is 0.0680. The first-order valence-electron chi connectivity index (χ1n) is 9.12. The lowest BCUT2D eigenvalue weighted by Crippen LogP contribution is -2.12. The Kier molecular flexibility index (Phi) is 4.25. The summed E-state index contributed by atoms with van der Waals surface area (Å²) in [7, 11) is 0. The molecule has 0 aliphatic heterocycles. The Hall–Kier alpha value is -3.25. The average Bonchev–Trinajstić information content (AvgIpc) is 3.45. The summed E-state index contributed by atoms with van der Waals surface area (Å²) >= 11 is 1.58. The van der Waals surface area contributed by atoms with Crippen molar-refractivity contribution >= 4 is 22.9 Å². The van der Waals surface area contributed by atoms with E-state index < -0.39 is 0 Å². The lowest BCUT2D eigenvalue weighted by Gasteiger charge is -2.07. The van der Waals surface area contributed by atoms with Crippen LogP contribution in [0.4, 0.5) is 5.69 Å². The SMILES string of the molecule is O=C(CCc1nc(-c2ccsc2)no1)Nc1ccc2c(c1)-c1ccccc1C2. The number of carbonyl (C=O) groups is 1. The van der Waals surface area contributed by atoms with Gasteiger partial charge in [-0.25, -0.2) is 0 Å². The van der Waals surface area contributed by atoms with E-state index in [0.29, 0.717) is 24.6 Å². The van der Waals surface area contributed by atoms with Gasteiger partial charge in [0.25, 0.3) is 0 Å². The largest absolute Gasteiger partial charge is 0.339 e. The molecule has 0 saturated carbocycles. The molecule has 5 rings (SSSR count). The van der Waals surface area contributed by atoms with Crippen LogP contribution in [0.15, 0.2) is 63.8 Å². The van der Waals surface area contributed by atoms with Crippen LogP contribution in [-0.4, -0.2) is 16.0 Å². The molecular weight excluding hydrogens is 370 g/mol. The van der Waals surface area contributed by atoms with Crippen LogP contribution in [-0.2, 0) is 17.6 Å². The topological polar surface area (TPSA) is 68.0 Å². The molecule has 0 fully saturated rings. The second kappa shape index (κ2) is 7.05. The van der Waals surface area contributed by atoms with Crippen LogP contribution >= 0.6 is 11.3 Å². The van der Waals surface area contributed by atoms with Gasteiger partial charge in [-0.05, 0) is 52.3 Å². The number of benzene rings is 2. The molecule has 28 heavy (non-hydrogen) atoms. The van der Waals surface area contributed by atoms with E-state index in [4.69, 9.17) is 4.52 Å². The number of rotatable bonds is 5. The molecule has 138 valence electrons. The van der Waals surface area contributed by atoms with Gasteiger partial charge < -0.3 is 9.84 Å². The second-order valence-corrected chi connectivity index (χ2v) is 7.56. The molecule has 2 heterocycles. The molecule has 0 spiro atoms. The van der Waals surface area contributed by atoms with Crippen LogP contribution in [0.5, 0.6) is 0 Å². The maximum absolute atomic E-state index is 12.4. The van der Waals surface area contributed by atoms with Crippen LogP contribution < -0.4 is 5.32 Å². The number of amides is 1. The van der Waals surface area contributed by atoms with Gasteiger partial charge in [0.05, 0.1) is 0 Å². The Morgan fingerprint density at radius 2 is 2.00 bits per heavy atom. The van der Waals surface area contributed by atoms with Crippen molar-refractivity contribution in [2.24, 2.45) is 0 Å². The van der Waals surface area contributed by atoms with Crippen LogP contribution in [0.1, 0.15) is 23.4 Å². The quantitative estimate of drug-likeness (QED) is 0.464. The molecule has 4 aromatic rings. The molecule has 2 aromatic heterocycles. The lowest BCUT2D eigenvalue weighted by atomic mass is 10.1. The molecule has 0 radical (unpaired) electrons. The molecule has 0 bridgehead atoms. The summed E-state index contributed by atoms with van der Waals surface area (Å²) in [6, 6.07) is 16.5. The molecule has 0 unspecified atom stereocenters. The number of fused-ring (bicyclic) bond motifs is 3. The third kappa shape index (κ3) is 3.23. The van der Waals surface area contributed by atoms with E-state index >= 15 is 0 Å². The number of aromatic nitrogens is 2. The molecule has 6 heteroatoms. The Morgan fingerprint density at radius 3 is 2.89 bits per heavy atom. The highest BCUT2D eigenvalue weighted by atomic mass is 32.1. The first kappa shape index (κ1) is 16.9. The molecule has 1 aliphatic rings. The van der Waals surface area contributed by atoms with Crippen LogP contribution in [0, 0.1) is 0 Å². The van der Waals surface area contributed by atoms with Gasteiger partial charge in [0, 0.05) is 29.5 Å². The van der Waals surface area contributed by atoms with Gasteiger partial charge in [-0.1, -0.05) is 35.5 Å². The predicted molar refractivity (Wildman–Crippen MR) is 109 cm³/mol. The first-order chi connectivity index (χ1) is 13.8. The Labute approximate surface area is 166 Å². The minimum Gasteiger partial charge on any atom is -0.339 e. The molecular formula is C22H17N3O2S. The number of aryl methyl sites for hydroxylation is 1. The van der Waals surface area contributed by atoms with E-state index in [1.54, 1.807) is 11.3 Å². The molecule has 0 atom stereocenters. The van der Waals surface area contributed by atoms with Gasteiger partial charge in [0.2, 0.25) is 17.6 Å². The standard InChI is InChI=1S/C22H17N3O2S/c26-20(7-8-21-24-22(25-27-21)16-9-10-28-13-16)23-17-6-5-15-11-14-3-1-2-4-18(14)19(15)12-17/h1-6,9-10,12-13H,7-8,11H2,(H,23,26). The Morgan fingerprint density at radius 1 is 1.11 bits per heavy atom. The number of carbonyl (C=O) groups excluding carboxylic acids is 1. The van der Waals surface area contributed by atoms with E-state index in [2.05, 4.69) is 45.8 Å². The normalized spacial score (nSPS) is 11.9. The third-order valence-electron chi connectivity index (χ3n) is 4.90. The number of hydrogen-bond donors (Lipinski definition) is 1. The smallest absolute Gasteiger partial charge is 0.227 e. The van der Waals surface area contributed by atoms with Crippen molar-refractivity contribution in [3.05, 3.63) is 76.3 Å². The zero-order chi connectivity index (χ0) is 18.9. The summed E-state index contributed by atoms with van der Waals surface area (Å²) < 4.78 is 5.25. The Bertz CT molecular complexity index is 1150. The fourth-order valence-electron chi connectivity index (χ4n) is 3.51. The highest BCUT2D eigenvalue weighted by Gasteiger charge is 2.18. The summed E-state index contributed by atoms with van der Waals surface area (Å²) in [5, 5.41) is 10.9. The highest BCUT2D eigenvalue weighted by Crippen LogP contribution is 2.37. The summed E-state index contributed by atoms with van der Waals surface area (Å²) in [5.74, 6) is 0.967.